The van der Waals surface area contributed by atoms with Crippen molar-refractivity contribution in [1.82, 2.24) is 10.6 Å². The fourth-order valence-electron chi connectivity index (χ4n) is 2.06. The van der Waals surface area contributed by atoms with Gasteiger partial charge in [0.25, 0.3) is 0 Å². The molecule has 2 atom stereocenters. The lowest BCUT2D eigenvalue weighted by Crippen LogP contribution is -2.50. The summed E-state index contributed by atoms with van der Waals surface area (Å²) < 4.78 is 0. The number of carboxylic acids is 1. The summed E-state index contributed by atoms with van der Waals surface area (Å²) in [6, 6.07) is 0.0454. The monoisotopic (exact) mass is 226 g/mol. The minimum absolute atomic E-state index is 0.234. The second kappa shape index (κ2) is 3.96. The minimum Gasteiger partial charge on any atom is -0.481 e. The Labute approximate surface area is 94.6 Å². The summed E-state index contributed by atoms with van der Waals surface area (Å²) in [5.74, 6) is -0.235. The predicted molar refractivity (Wildman–Crippen MR) is 58.0 cm³/mol. The van der Waals surface area contributed by atoms with E-state index in [1.165, 1.54) is 0 Å². The summed E-state index contributed by atoms with van der Waals surface area (Å²) in [7, 11) is 0. The first-order chi connectivity index (χ1) is 7.53. The Hall–Kier alpha value is -1.26. The molecule has 90 valence electrons. The molecule has 3 N–H and O–H groups in total. The van der Waals surface area contributed by atoms with Crippen molar-refractivity contribution >= 4 is 12.0 Å². The number of hydrogen-bond donors (Lipinski definition) is 3. The molecule has 0 aliphatic heterocycles. The van der Waals surface area contributed by atoms with Gasteiger partial charge < -0.3 is 15.7 Å². The average molecular weight is 226 g/mol. The van der Waals surface area contributed by atoms with Crippen LogP contribution in [0, 0.1) is 11.3 Å². The molecule has 2 amide bonds. The van der Waals surface area contributed by atoms with Crippen LogP contribution in [0.25, 0.3) is 0 Å². The van der Waals surface area contributed by atoms with E-state index in [1.807, 2.05) is 0 Å². The molecule has 0 aromatic rings. The second-order valence-electron chi connectivity index (χ2n) is 5.09. The van der Waals surface area contributed by atoms with Gasteiger partial charge in [0.15, 0.2) is 0 Å². The van der Waals surface area contributed by atoms with Crippen LogP contribution in [-0.4, -0.2) is 29.7 Å². The Bertz CT molecular complexity index is 312. The Kier molecular flexibility index (Phi) is 2.78. The molecule has 2 saturated carbocycles. The molecule has 0 aromatic carbocycles. The molecule has 2 unspecified atom stereocenters. The number of carbonyl (C=O) groups is 2. The number of carboxylic acid groups (broad SMARTS) is 1. The normalized spacial score (nSPS) is 30.1. The summed E-state index contributed by atoms with van der Waals surface area (Å²) in [5.41, 5.74) is -0.702. The van der Waals surface area contributed by atoms with Gasteiger partial charge in [0.2, 0.25) is 0 Å². The molecule has 0 aromatic heterocycles. The highest BCUT2D eigenvalue weighted by atomic mass is 16.4. The molecule has 5 heteroatoms. The average Bonchev–Trinajstić information content (AvgIpc) is 2.78. The van der Waals surface area contributed by atoms with Crippen LogP contribution in [0.4, 0.5) is 4.79 Å². The minimum atomic E-state index is -0.793. The first-order valence-electron chi connectivity index (χ1n) is 5.81. The molecule has 0 bridgehead atoms. The molecule has 2 aliphatic carbocycles. The van der Waals surface area contributed by atoms with Gasteiger partial charge in [0.05, 0.1) is 5.41 Å². The van der Waals surface area contributed by atoms with Crippen molar-refractivity contribution in [3.8, 4) is 0 Å². The van der Waals surface area contributed by atoms with Crippen LogP contribution in [0.5, 0.6) is 0 Å². The number of rotatable bonds is 4. The van der Waals surface area contributed by atoms with Crippen LogP contribution in [-0.2, 0) is 4.79 Å². The van der Waals surface area contributed by atoms with Crippen LogP contribution < -0.4 is 10.6 Å². The van der Waals surface area contributed by atoms with Gasteiger partial charge in [-0.05, 0) is 25.2 Å². The molecule has 0 heterocycles. The van der Waals surface area contributed by atoms with Gasteiger partial charge >= 0.3 is 12.0 Å². The van der Waals surface area contributed by atoms with E-state index in [4.69, 9.17) is 5.11 Å². The molecule has 2 aliphatic rings. The van der Waals surface area contributed by atoms with E-state index in [1.54, 1.807) is 0 Å². The number of nitrogens with one attached hydrogen (secondary N) is 2. The highest BCUT2D eigenvalue weighted by molar-refractivity contribution is 5.79. The zero-order valence-electron chi connectivity index (χ0n) is 9.45. The fraction of sp³-hybridized carbons (Fsp3) is 0.818. The lowest BCUT2D eigenvalue weighted by atomic mass is 9.69. The predicted octanol–water partition coefficient (Wildman–Crippen LogP) is 0.949. The molecule has 0 saturated heterocycles. The first kappa shape index (κ1) is 11.2. The quantitative estimate of drug-likeness (QED) is 0.667. The third kappa shape index (κ3) is 2.13. The Morgan fingerprint density at radius 2 is 2.06 bits per heavy atom. The molecule has 0 radical (unpaired) electrons. The standard InChI is InChI=1S/C11H18N2O3/c1-7-5-8(7)13-10(16)12-6-11(9(14)15)3-2-4-11/h7-8H,2-6H2,1H3,(H,14,15)(H2,12,13,16). The number of hydrogen-bond acceptors (Lipinski definition) is 2. The van der Waals surface area contributed by atoms with E-state index in [0.29, 0.717) is 18.8 Å². The van der Waals surface area contributed by atoms with Gasteiger partial charge in [-0.3, -0.25) is 4.79 Å². The Morgan fingerprint density at radius 3 is 2.44 bits per heavy atom. The van der Waals surface area contributed by atoms with Crippen molar-refractivity contribution in [3.05, 3.63) is 0 Å². The van der Waals surface area contributed by atoms with Gasteiger partial charge in [0.1, 0.15) is 0 Å². The largest absolute Gasteiger partial charge is 0.481 e. The Balaban J connectivity index is 1.73. The van der Waals surface area contributed by atoms with Crippen molar-refractivity contribution in [2.75, 3.05) is 6.54 Å². The molecule has 2 fully saturated rings. The maximum atomic E-state index is 11.4. The van der Waals surface area contributed by atoms with Gasteiger partial charge in [-0.1, -0.05) is 13.3 Å². The molecule has 16 heavy (non-hydrogen) atoms. The van der Waals surface area contributed by atoms with Crippen molar-refractivity contribution in [1.29, 1.82) is 0 Å². The van der Waals surface area contributed by atoms with Gasteiger partial charge in [0, 0.05) is 12.6 Å². The van der Waals surface area contributed by atoms with Crippen LogP contribution >= 0.6 is 0 Å². The van der Waals surface area contributed by atoms with E-state index in [0.717, 1.165) is 12.8 Å². The maximum absolute atomic E-state index is 11.4. The number of amides is 2. The summed E-state index contributed by atoms with van der Waals surface area (Å²) in [6.07, 6.45) is 3.30. The van der Waals surface area contributed by atoms with E-state index >= 15 is 0 Å². The SMILES string of the molecule is CC1CC1NC(=O)NCC1(C(=O)O)CCC1. The summed E-state index contributed by atoms with van der Waals surface area (Å²) in [6.45, 7) is 2.32. The highest BCUT2D eigenvalue weighted by Crippen LogP contribution is 2.40. The van der Waals surface area contributed by atoms with Crippen molar-refractivity contribution in [3.63, 3.8) is 0 Å². The van der Waals surface area contributed by atoms with Crippen LogP contribution in [0.15, 0.2) is 0 Å². The van der Waals surface area contributed by atoms with Gasteiger partial charge in [-0.25, -0.2) is 4.79 Å². The molecule has 5 nitrogen and oxygen atoms in total. The number of carbonyl (C=O) groups excluding carboxylic acids is 1. The molecular formula is C11H18N2O3. The second-order valence-corrected chi connectivity index (χ2v) is 5.09. The zero-order chi connectivity index (χ0) is 11.8. The maximum Gasteiger partial charge on any atom is 0.315 e. The van der Waals surface area contributed by atoms with Crippen LogP contribution in [0.2, 0.25) is 0 Å². The van der Waals surface area contributed by atoms with Crippen molar-refractivity contribution < 1.29 is 14.7 Å². The first-order valence-corrected chi connectivity index (χ1v) is 5.81. The van der Waals surface area contributed by atoms with E-state index in [2.05, 4.69) is 17.6 Å². The smallest absolute Gasteiger partial charge is 0.315 e. The van der Waals surface area contributed by atoms with Gasteiger partial charge in [-0.2, -0.15) is 0 Å². The van der Waals surface area contributed by atoms with Crippen LogP contribution in [0.1, 0.15) is 32.6 Å². The van der Waals surface area contributed by atoms with Crippen molar-refractivity contribution in [2.24, 2.45) is 11.3 Å². The lowest BCUT2D eigenvalue weighted by Gasteiger charge is -2.37. The van der Waals surface area contributed by atoms with E-state index in [9.17, 15) is 9.59 Å². The number of urea groups is 1. The van der Waals surface area contributed by atoms with Gasteiger partial charge in [-0.15, -0.1) is 0 Å². The zero-order valence-corrected chi connectivity index (χ0v) is 9.45. The van der Waals surface area contributed by atoms with Crippen molar-refractivity contribution in [2.45, 2.75) is 38.6 Å². The molecular weight excluding hydrogens is 208 g/mol. The number of aliphatic carboxylic acids is 1. The van der Waals surface area contributed by atoms with E-state index < -0.39 is 11.4 Å². The molecule has 0 spiro atoms. The third-order valence-electron chi connectivity index (χ3n) is 3.78. The highest BCUT2D eigenvalue weighted by Gasteiger charge is 2.44. The summed E-state index contributed by atoms with van der Waals surface area (Å²) in [4.78, 5) is 22.5. The molecule has 2 rings (SSSR count). The Morgan fingerprint density at radius 1 is 1.44 bits per heavy atom. The summed E-state index contributed by atoms with van der Waals surface area (Å²) in [5, 5.41) is 14.5. The topological polar surface area (TPSA) is 78.4 Å². The third-order valence-corrected chi connectivity index (χ3v) is 3.78. The fourth-order valence-corrected chi connectivity index (χ4v) is 2.06. The summed E-state index contributed by atoms with van der Waals surface area (Å²) >= 11 is 0. The van der Waals surface area contributed by atoms with Crippen LogP contribution in [0.3, 0.4) is 0 Å². The lowest BCUT2D eigenvalue weighted by molar-refractivity contribution is -0.153. The van der Waals surface area contributed by atoms with E-state index in [-0.39, 0.29) is 18.6 Å².